The minimum atomic E-state index is 0.414. The molecule has 2 rings (SSSR count). The second kappa shape index (κ2) is 3.73. The van der Waals surface area contributed by atoms with Crippen LogP contribution in [-0.2, 0) is 6.54 Å². The molecule has 6 heteroatoms. The van der Waals surface area contributed by atoms with E-state index in [1.54, 1.807) is 12.4 Å². The minimum absolute atomic E-state index is 0.414. The average Bonchev–Trinajstić information content (AvgIpc) is 2.70. The smallest absolute Gasteiger partial charge is 0.144 e. The topological polar surface area (TPSA) is 92.5 Å². The van der Waals surface area contributed by atoms with E-state index in [2.05, 4.69) is 25.5 Å². The molecule has 0 saturated heterocycles. The summed E-state index contributed by atoms with van der Waals surface area (Å²) >= 11 is 0. The summed E-state index contributed by atoms with van der Waals surface area (Å²) in [5, 5.41) is 9.73. The summed E-state index contributed by atoms with van der Waals surface area (Å²) in [6, 6.07) is 1.89. The van der Waals surface area contributed by atoms with Gasteiger partial charge in [0, 0.05) is 6.20 Å². The van der Waals surface area contributed by atoms with Gasteiger partial charge in [0.25, 0.3) is 0 Å². The third-order valence-electron chi connectivity index (χ3n) is 1.69. The first kappa shape index (κ1) is 8.49. The lowest BCUT2D eigenvalue weighted by Gasteiger charge is -2.02. The molecule has 0 unspecified atom stereocenters. The molecular formula is C8H10N6. The fourth-order valence-electron chi connectivity index (χ4n) is 0.998. The van der Waals surface area contributed by atoms with Gasteiger partial charge in [-0.05, 0) is 6.07 Å². The molecule has 0 radical (unpaired) electrons. The maximum Gasteiger partial charge on any atom is 0.144 e. The van der Waals surface area contributed by atoms with E-state index < -0.39 is 0 Å². The third kappa shape index (κ3) is 1.98. The number of anilines is 2. The number of nitrogens with two attached hydrogens (primary N) is 1. The van der Waals surface area contributed by atoms with Gasteiger partial charge in [0.1, 0.15) is 11.6 Å². The normalized spacial score (nSPS) is 10.0. The van der Waals surface area contributed by atoms with Crippen molar-refractivity contribution in [3.8, 4) is 0 Å². The lowest BCUT2D eigenvalue weighted by atomic mass is 10.4. The van der Waals surface area contributed by atoms with Crippen LogP contribution in [0.25, 0.3) is 0 Å². The third-order valence-corrected chi connectivity index (χ3v) is 1.69. The van der Waals surface area contributed by atoms with Crippen LogP contribution in [0.3, 0.4) is 0 Å². The predicted molar refractivity (Wildman–Crippen MR) is 52.4 cm³/mol. The van der Waals surface area contributed by atoms with E-state index in [-0.39, 0.29) is 0 Å². The number of rotatable bonds is 3. The molecule has 2 heterocycles. The monoisotopic (exact) mass is 190 g/mol. The Bertz CT molecular complexity index is 379. The number of nitrogens with one attached hydrogen (secondary N) is 2. The van der Waals surface area contributed by atoms with Crippen LogP contribution in [0.15, 0.2) is 24.7 Å². The van der Waals surface area contributed by atoms with Crippen molar-refractivity contribution in [1.82, 2.24) is 20.2 Å². The van der Waals surface area contributed by atoms with Gasteiger partial charge in [-0.3, -0.25) is 5.10 Å². The average molecular weight is 190 g/mol. The molecule has 0 amide bonds. The van der Waals surface area contributed by atoms with Crippen LogP contribution in [0.4, 0.5) is 11.6 Å². The number of hydrogen-bond acceptors (Lipinski definition) is 5. The van der Waals surface area contributed by atoms with Crippen molar-refractivity contribution < 1.29 is 0 Å². The zero-order valence-electron chi connectivity index (χ0n) is 7.44. The van der Waals surface area contributed by atoms with E-state index in [1.165, 1.54) is 6.20 Å². The predicted octanol–water partition coefficient (Wildman–Crippen LogP) is 0.394. The highest BCUT2D eigenvalue weighted by Crippen LogP contribution is 2.03. The fraction of sp³-hybridized carbons (Fsp3) is 0.125. The Morgan fingerprint density at radius 1 is 1.36 bits per heavy atom. The SMILES string of the molecule is Nc1cnc(NCc2ccn[nH]2)cn1. The summed E-state index contributed by atoms with van der Waals surface area (Å²) < 4.78 is 0. The summed E-state index contributed by atoms with van der Waals surface area (Å²) in [5.41, 5.74) is 6.39. The summed E-state index contributed by atoms with van der Waals surface area (Å²) in [6.45, 7) is 0.637. The Morgan fingerprint density at radius 3 is 2.93 bits per heavy atom. The van der Waals surface area contributed by atoms with E-state index in [1.807, 2.05) is 6.07 Å². The van der Waals surface area contributed by atoms with Crippen molar-refractivity contribution >= 4 is 11.6 Å². The molecule has 0 saturated carbocycles. The van der Waals surface area contributed by atoms with Crippen LogP contribution < -0.4 is 11.1 Å². The second-order valence-corrected chi connectivity index (χ2v) is 2.76. The maximum atomic E-state index is 5.40. The largest absolute Gasteiger partial charge is 0.382 e. The highest BCUT2D eigenvalue weighted by Gasteiger charge is 1.95. The lowest BCUT2D eigenvalue weighted by Crippen LogP contribution is -2.02. The molecule has 0 aromatic carbocycles. The molecule has 14 heavy (non-hydrogen) atoms. The number of nitrogen functional groups attached to an aromatic ring is 1. The first-order valence-electron chi connectivity index (χ1n) is 4.14. The Hall–Kier alpha value is -2.11. The highest BCUT2D eigenvalue weighted by molar-refractivity contribution is 5.36. The molecule has 0 aliphatic heterocycles. The molecule has 0 aliphatic rings. The van der Waals surface area contributed by atoms with Crippen LogP contribution in [0, 0.1) is 0 Å². The molecule has 2 aromatic heterocycles. The summed E-state index contributed by atoms with van der Waals surface area (Å²) in [4.78, 5) is 7.95. The number of nitrogens with zero attached hydrogens (tertiary/aromatic N) is 3. The Morgan fingerprint density at radius 2 is 2.29 bits per heavy atom. The highest BCUT2D eigenvalue weighted by atomic mass is 15.1. The minimum Gasteiger partial charge on any atom is -0.382 e. The van der Waals surface area contributed by atoms with Gasteiger partial charge >= 0.3 is 0 Å². The number of aromatic nitrogens is 4. The zero-order valence-corrected chi connectivity index (χ0v) is 7.44. The van der Waals surface area contributed by atoms with Gasteiger partial charge in [0.05, 0.1) is 24.6 Å². The molecule has 6 nitrogen and oxygen atoms in total. The molecule has 2 aromatic rings. The van der Waals surface area contributed by atoms with E-state index in [0.29, 0.717) is 18.2 Å². The van der Waals surface area contributed by atoms with Gasteiger partial charge in [0.2, 0.25) is 0 Å². The van der Waals surface area contributed by atoms with E-state index >= 15 is 0 Å². The van der Waals surface area contributed by atoms with E-state index in [9.17, 15) is 0 Å². The van der Waals surface area contributed by atoms with Gasteiger partial charge < -0.3 is 11.1 Å². The molecular weight excluding hydrogens is 180 g/mol. The van der Waals surface area contributed by atoms with E-state index in [4.69, 9.17) is 5.73 Å². The van der Waals surface area contributed by atoms with Crippen LogP contribution in [-0.4, -0.2) is 20.2 Å². The van der Waals surface area contributed by atoms with Gasteiger partial charge in [-0.1, -0.05) is 0 Å². The molecule has 0 atom stereocenters. The molecule has 0 bridgehead atoms. The van der Waals surface area contributed by atoms with Gasteiger partial charge in [-0.15, -0.1) is 0 Å². The molecule has 72 valence electrons. The van der Waals surface area contributed by atoms with Crippen molar-refractivity contribution in [1.29, 1.82) is 0 Å². The van der Waals surface area contributed by atoms with Crippen molar-refractivity contribution in [3.63, 3.8) is 0 Å². The van der Waals surface area contributed by atoms with Crippen molar-refractivity contribution in [2.45, 2.75) is 6.54 Å². The molecule has 0 spiro atoms. The first-order valence-corrected chi connectivity index (χ1v) is 4.14. The standard InChI is InChI=1S/C8H10N6/c9-7-4-12-8(5-10-7)11-3-6-1-2-13-14-6/h1-2,4-5H,3H2,(H2,9,10)(H,11,12)(H,13,14). The number of H-pyrrole nitrogens is 1. The fourth-order valence-corrected chi connectivity index (χ4v) is 0.998. The molecule has 0 aliphatic carbocycles. The number of aromatic amines is 1. The van der Waals surface area contributed by atoms with Crippen molar-refractivity contribution in [3.05, 3.63) is 30.4 Å². The quantitative estimate of drug-likeness (QED) is 0.651. The Kier molecular flexibility index (Phi) is 2.26. The second-order valence-electron chi connectivity index (χ2n) is 2.76. The molecule has 0 fully saturated rings. The van der Waals surface area contributed by atoms with Crippen LogP contribution >= 0.6 is 0 Å². The first-order chi connectivity index (χ1) is 6.84. The van der Waals surface area contributed by atoms with Gasteiger partial charge in [-0.25, -0.2) is 9.97 Å². The van der Waals surface area contributed by atoms with Gasteiger partial charge in [0.15, 0.2) is 0 Å². The summed E-state index contributed by atoms with van der Waals surface area (Å²) in [5.74, 6) is 1.10. The zero-order chi connectivity index (χ0) is 9.80. The van der Waals surface area contributed by atoms with Crippen LogP contribution in [0.2, 0.25) is 0 Å². The maximum absolute atomic E-state index is 5.40. The summed E-state index contributed by atoms with van der Waals surface area (Å²) in [7, 11) is 0. The Balaban J connectivity index is 1.95. The lowest BCUT2D eigenvalue weighted by molar-refractivity contribution is 0.971. The van der Waals surface area contributed by atoms with Gasteiger partial charge in [-0.2, -0.15) is 5.10 Å². The van der Waals surface area contributed by atoms with Crippen molar-refractivity contribution in [2.75, 3.05) is 11.1 Å². The van der Waals surface area contributed by atoms with Crippen LogP contribution in [0.1, 0.15) is 5.69 Å². The Labute approximate surface area is 80.6 Å². The van der Waals surface area contributed by atoms with Crippen molar-refractivity contribution in [2.24, 2.45) is 0 Å². The number of hydrogen-bond donors (Lipinski definition) is 3. The summed E-state index contributed by atoms with van der Waals surface area (Å²) in [6.07, 6.45) is 4.80. The molecule has 4 N–H and O–H groups in total. The van der Waals surface area contributed by atoms with Crippen LogP contribution in [0.5, 0.6) is 0 Å². The van der Waals surface area contributed by atoms with E-state index in [0.717, 1.165) is 5.69 Å².